The molecule has 3 nitrogen and oxygen atoms in total. The molecule has 1 heterocycles. The number of hydrogen-bond acceptors (Lipinski definition) is 3. The van der Waals surface area contributed by atoms with Crippen LogP contribution in [0.15, 0.2) is 12.4 Å². The number of hydrogen-bond donors (Lipinski definition) is 0. The molecule has 118 valence electrons. The van der Waals surface area contributed by atoms with E-state index in [1.54, 1.807) is 6.33 Å². The second-order valence-electron chi connectivity index (χ2n) is 7.03. The van der Waals surface area contributed by atoms with Gasteiger partial charge in [-0.3, -0.25) is 4.90 Å². The third-order valence-electron chi connectivity index (χ3n) is 5.28. The van der Waals surface area contributed by atoms with Crippen LogP contribution in [0.5, 0.6) is 0 Å². The molecule has 1 unspecified atom stereocenters. The van der Waals surface area contributed by atoms with Gasteiger partial charge in [-0.25, -0.2) is 9.97 Å². The van der Waals surface area contributed by atoms with Gasteiger partial charge in [0.05, 0.1) is 5.69 Å². The van der Waals surface area contributed by atoms with Crippen LogP contribution in [0.4, 0.5) is 0 Å². The van der Waals surface area contributed by atoms with Gasteiger partial charge in [0, 0.05) is 23.0 Å². The summed E-state index contributed by atoms with van der Waals surface area (Å²) in [6.07, 6.45) is 5.06. The Bertz CT molecular complexity index is 489. The fourth-order valence-corrected chi connectivity index (χ4v) is 4.44. The Morgan fingerprint density at radius 1 is 1.24 bits per heavy atom. The van der Waals surface area contributed by atoms with Crippen molar-refractivity contribution in [2.75, 3.05) is 0 Å². The molecule has 1 aliphatic rings. The van der Waals surface area contributed by atoms with E-state index in [4.69, 9.17) is 11.6 Å². The first-order valence-electron chi connectivity index (χ1n) is 8.05. The number of halogens is 1. The number of nitrogens with zero attached hydrogens (tertiary/aromatic N) is 3. The van der Waals surface area contributed by atoms with Gasteiger partial charge in [0.1, 0.15) is 11.5 Å². The van der Waals surface area contributed by atoms with E-state index in [0.717, 1.165) is 12.1 Å². The number of rotatable bonds is 6. The summed E-state index contributed by atoms with van der Waals surface area (Å²) in [4.78, 5) is 11.3. The molecule has 21 heavy (non-hydrogen) atoms. The van der Waals surface area contributed by atoms with E-state index in [-0.39, 0.29) is 11.0 Å². The second kappa shape index (κ2) is 5.85. The Labute approximate surface area is 134 Å². The van der Waals surface area contributed by atoms with Crippen LogP contribution in [0.3, 0.4) is 0 Å². The van der Waals surface area contributed by atoms with Crippen molar-refractivity contribution in [1.82, 2.24) is 14.9 Å². The lowest BCUT2D eigenvalue weighted by Gasteiger charge is -2.51. The molecule has 1 saturated carbocycles. The van der Waals surface area contributed by atoms with Crippen molar-refractivity contribution in [2.24, 2.45) is 0 Å². The van der Waals surface area contributed by atoms with Crippen LogP contribution in [0, 0.1) is 0 Å². The summed E-state index contributed by atoms with van der Waals surface area (Å²) in [6, 6.07) is 2.97. The number of aromatic nitrogens is 2. The molecule has 0 bridgehead atoms. The monoisotopic (exact) mass is 309 g/mol. The molecule has 0 saturated heterocycles. The molecular formula is C17H28ClN3. The first kappa shape index (κ1) is 16.7. The largest absolute Gasteiger partial charge is 0.292 e. The summed E-state index contributed by atoms with van der Waals surface area (Å²) >= 11 is 6.11. The summed E-state index contributed by atoms with van der Waals surface area (Å²) in [7, 11) is 0. The van der Waals surface area contributed by atoms with Crippen molar-refractivity contribution in [3.05, 3.63) is 23.2 Å². The Hall–Kier alpha value is -0.670. The van der Waals surface area contributed by atoms with Gasteiger partial charge in [-0.2, -0.15) is 0 Å². The van der Waals surface area contributed by atoms with Gasteiger partial charge in [-0.1, -0.05) is 18.5 Å². The predicted octanol–water partition coefficient (Wildman–Crippen LogP) is 4.45. The molecule has 2 rings (SSSR count). The van der Waals surface area contributed by atoms with E-state index < -0.39 is 0 Å². The highest BCUT2D eigenvalue weighted by atomic mass is 35.5. The third-order valence-corrected chi connectivity index (χ3v) is 5.48. The van der Waals surface area contributed by atoms with Crippen molar-refractivity contribution in [3.63, 3.8) is 0 Å². The molecule has 1 aliphatic carbocycles. The average Bonchev–Trinajstić information content (AvgIpc) is 3.19. The van der Waals surface area contributed by atoms with Crippen LogP contribution in [0.1, 0.15) is 66.5 Å². The normalized spacial score (nSPS) is 20.1. The van der Waals surface area contributed by atoms with Crippen LogP contribution in [0.2, 0.25) is 5.15 Å². The Kier molecular flexibility index (Phi) is 4.65. The summed E-state index contributed by atoms with van der Waals surface area (Å²) in [5, 5.41) is 0.547. The molecule has 0 spiro atoms. The van der Waals surface area contributed by atoms with Gasteiger partial charge in [-0.15, -0.1) is 0 Å². The average molecular weight is 310 g/mol. The van der Waals surface area contributed by atoms with E-state index in [9.17, 15) is 0 Å². The topological polar surface area (TPSA) is 29.0 Å². The highest BCUT2D eigenvalue weighted by Crippen LogP contribution is 2.59. The maximum atomic E-state index is 6.11. The van der Waals surface area contributed by atoms with Crippen LogP contribution in [-0.4, -0.2) is 32.5 Å². The van der Waals surface area contributed by atoms with E-state index in [1.165, 1.54) is 12.8 Å². The highest BCUT2D eigenvalue weighted by molar-refractivity contribution is 6.29. The Balaban J connectivity index is 2.48. The van der Waals surface area contributed by atoms with Gasteiger partial charge in [0.25, 0.3) is 0 Å². The van der Waals surface area contributed by atoms with E-state index in [1.807, 2.05) is 6.07 Å². The van der Waals surface area contributed by atoms with Crippen molar-refractivity contribution in [3.8, 4) is 0 Å². The third kappa shape index (κ3) is 2.70. The van der Waals surface area contributed by atoms with Gasteiger partial charge in [-0.05, 0) is 59.9 Å². The summed E-state index contributed by atoms with van der Waals surface area (Å²) in [5.74, 6) is 0. The zero-order valence-electron chi connectivity index (χ0n) is 14.2. The van der Waals surface area contributed by atoms with Crippen LogP contribution in [-0.2, 0) is 5.41 Å². The molecule has 0 N–H and O–H groups in total. The fraction of sp³-hybridized carbons (Fsp3) is 0.765. The summed E-state index contributed by atoms with van der Waals surface area (Å²) in [6.45, 7) is 13.8. The summed E-state index contributed by atoms with van der Waals surface area (Å²) in [5.41, 5.74) is 1.31. The molecule has 1 atom stereocenters. The molecule has 0 aliphatic heterocycles. The molecule has 0 aromatic carbocycles. The molecular weight excluding hydrogens is 282 g/mol. The quantitative estimate of drug-likeness (QED) is 0.727. The first-order chi connectivity index (χ1) is 9.78. The van der Waals surface area contributed by atoms with E-state index >= 15 is 0 Å². The minimum absolute atomic E-state index is 0.0903. The lowest BCUT2D eigenvalue weighted by atomic mass is 9.75. The molecule has 0 amide bonds. The Morgan fingerprint density at radius 3 is 2.19 bits per heavy atom. The van der Waals surface area contributed by atoms with E-state index in [2.05, 4.69) is 56.4 Å². The smallest absolute Gasteiger partial charge is 0.132 e. The minimum Gasteiger partial charge on any atom is -0.292 e. The van der Waals surface area contributed by atoms with Gasteiger partial charge in [0.15, 0.2) is 0 Å². The van der Waals surface area contributed by atoms with Gasteiger partial charge >= 0.3 is 0 Å². The molecule has 1 fully saturated rings. The van der Waals surface area contributed by atoms with Crippen LogP contribution >= 0.6 is 11.6 Å². The van der Waals surface area contributed by atoms with Crippen LogP contribution in [0.25, 0.3) is 0 Å². The first-order valence-corrected chi connectivity index (χ1v) is 8.43. The molecule has 1 aromatic rings. The summed E-state index contributed by atoms with van der Waals surface area (Å²) < 4.78 is 0. The maximum absolute atomic E-state index is 6.11. The second-order valence-corrected chi connectivity index (χ2v) is 7.42. The lowest BCUT2D eigenvalue weighted by molar-refractivity contribution is 0.00416. The van der Waals surface area contributed by atoms with Crippen LogP contribution < -0.4 is 0 Å². The van der Waals surface area contributed by atoms with Crippen molar-refractivity contribution in [2.45, 2.75) is 83.8 Å². The standard InChI is InChI=1S/C17H28ClN3/c1-7-16(6,21(12(2)3)13(4)5)17(8-9-17)14-10-15(18)20-11-19-14/h10-13H,7-9H2,1-6H3. The highest BCUT2D eigenvalue weighted by Gasteiger charge is 2.61. The van der Waals surface area contributed by atoms with Gasteiger partial charge in [0.2, 0.25) is 0 Å². The maximum Gasteiger partial charge on any atom is 0.132 e. The fourth-order valence-electron chi connectivity index (χ4n) is 4.30. The zero-order valence-corrected chi connectivity index (χ0v) is 14.9. The van der Waals surface area contributed by atoms with Crippen molar-refractivity contribution >= 4 is 11.6 Å². The molecule has 1 aromatic heterocycles. The van der Waals surface area contributed by atoms with Gasteiger partial charge < -0.3 is 0 Å². The van der Waals surface area contributed by atoms with Crippen molar-refractivity contribution in [1.29, 1.82) is 0 Å². The van der Waals surface area contributed by atoms with Crippen molar-refractivity contribution < 1.29 is 0 Å². The zero-order chi connectivity index (χ0) is 15.8. The lowest BCUT2D eigenvalue weighted by Crippen LogP contribution is -2.59. The minimum atomic E-state index is 0.0903. The molecule has 0 radical (unpaired) electrons. The Morgan fingerprint density at radius 2 is 1.81 bits per heavy atom. The molecule has 4 heteroatoms. The predicted molar refractivity (Wildman–Crippen MR) is 88.8 cm³/mol. The van der Waals surface area contributed by atoms with E-state index in [0.29, 0.717) is 17.2 Å². The SMILES string of the molecule is CCC(C)(N(C(C)C)C(C)C)C1(c2cc(Cl)ncn2)CC1.